The van der Waals surface area contributed by atoms with E-state index >= 15 is 0 Å². The SMILES string of the molecule is CCc1ccc(C(=O)N2CCN(C(=O)c3cnc4c(cnn4C(C)C)c3)CC2)cc1. The molecule has 4 rings (SSSR count). The van der Waals surface area contributed by atoms with E-state index in [1.165, 1.54) is 5.56 Å². The number of fused-ring (bicyclic) bond motifs is 1. The first kappa shape index (κ1) is 20.1. The minimum atomic E-state index is -0.0545. The summed E-state index contributed by atoms with van der Waals surface area (Å²) in [6.07, 6.45) is 4.33. The summed E-state index contributed by atoms with van der Waals surface area (Å²) in [7, 11) is 0. The Kier molecular flexibility index (Phi) is 5.53. The van der Waals surface area contributed by atoms with Crippen LogP contribution in [0.2, 0.25) is 0 Å². The lowest BCUT2D eigenvalue weighted by Crippen LogP contribution is -2.50. The average molecular weight is 406 g/mol. The van der Waals surface area contributed by atoms with Crippen LogP contribution < -0.4 is 0 Å². The van der Waals surface area contributed by atoms with Crippen LogP contribution in [0.3, 0.4) is 0 Å². The van der Waals surface area contributed by atoms with Gasteiger partial charge in [0.25, 0.3) is 11.8 Å². The molecule has 0 N–H and O–H groups in total. The molecule has 1 aliphatic heterocycles. The molecule has 1 saturated heterocycles. The van der Waals surface area contributed by atoms with E-state index in [2.05, 4.69) is 17.0 Å². The highest BCUT2D eigenvalue weighted by atomic mass is 16.2. The Bertz CT molecular complexity index is 1060. The number of rotatable bonds is 4. The first-order chi connectivity index (χ1) is 14.5. The fraction of sp³-hybridized carbons (Fsp3) is 0.391. The fourth-order valence-electron chi connectivity index (χ4n) is 3.80. The predicted molar refractivity (Wildman–Crippen MR) is 116 cm³/mol. The number of pyridine rings is 1. The monoisotopic (exact) mass is 405 g/mol. The largest absolute Gasteiger partial charge is 0.335 e. The van der Waals surface area contributed by atoms with Gasteiger partial charge in [0.1, 0.15) is 0 Å². The summed E-state index contributed by atoms with van der Waals surface area (Å²) in [5.41, 5.74) is 3.25. The Morgan fingerprint density at radius 3 is 2.10 bits per heavy atom. The van der Waals surface area contributed by atoms with Gasteiger partial charge in [-0.3, -0.25) is 9.59 Å². The summed E-state index contributed by atoms with van der Waals surface area (Å²) in [5, 5.41) is 5.22. The zero-order valence-electron chi connectivity index (χ0n) is 17.7. The van der Waals surface area contributed by atoms with Crippen LogP contribution in [0.15, 0.2) is 42.7 Å². The molecule has 0 atom stereocenters. The molecular formula is C23H27N5O2. The highest BCUT2D eigenvalue weighted by Gasteiger charge is 2.26. The van der Waals surface area contributed by atoms with Crippen LogP contribution in [0.25, 0.3) is 11.0 Å². The summed E-state index contributed by atoms with van der Waals surface area (Å²) in [6.45, 7) is 8.28. The number of carbonyl (C=O) groups is 2. The maximum Gasteiger partial charge on any atom is 0.255 e. The first-order valence-electron chi connectivity index (χ1n) is 10.5. The summed E-state index contributed by atoms with van der Waals surface area (Å²) >= 11 is 0. The Morgan fingerprint density at radius 1 is 0.933 bits per heavy atom. The molecule has 0 aliphatic carbocycles. The van der Waals surface area contributed by atoms with Gasteiger partial charge in [-0.15, -0.1) is 0 Å². The second-order valence-electron chi connectivity index (χ2n) is 7.95. The van der Waals surface area contributed by atoms with Gasteiger partial charge in [0, 0.05) is 49.4 Å². The lowest BCUT2D eigenvalue weighted by molar-refractivity contribution is 0.0535. The van der Waals surface area contributed by atoms with Crippen LogP contribution in [0.5, 0.6) is 0 Å². The average Bonchev–Trinajstić information content (AvgIpc) is 3.22. The number of nitrogens with zero attached hydrogens (tertiary/aromatic N) is 5. The quantitative estimate of drug-likeness (QED) is 0.668. The van der Waals surface area contributed by atoms with Gasteiger partial charge < -0.3 is 9.80 Å². The van der Waals surface area contributed by atoms with Gasteiger partial charge in [0.05, 0.1) is 11.8 Å². The smallest absolute Gasteiger partial charge is 0.255 e. The third-order valence-corrected chi connectivity index (χ3v) is 5.63. The fourth-order valence-corrected chi connectivity index (χ4v) is 3.80. The molecule has 0 bridgehead atoms. The van der Waals surface area contributed by atoms with E-state index in [9.17, 15) is 9.59 Å². The van der Waals surface area contributed by atoms with Crippen molar-refractivity contribution in [3.63, 3.8) is 0 Å². The first-order valence-corrected chi connectivity index (χ1v) is 10.5. The van der Waals surface area contributed by atoms with Gasteiger partial charge in [0.2, 0.25) is 0 Å². The minimum Gasteiger partial charge on any atom is -0.335 e. The molecule has 156 valence electrons. The second-order valence-corrected chi connectivity index (χ2v) is 7.95. The Morgan fingerprint density at radius 2 is 1.53 bits per heavy atom. The molecule has 0 spiro atoms. The topological polar surface area (TPSA) is 71.3 Å². The van der Waals surface area contributed by atoms with E-state index in [0.717, 1.165) is 17.5 Å². The summed E-state index contributed by atoms with van der Waals surface area (Å²) in [6, 6.07) is 9.83. The van der Waals surface area contributed by atoms with Crippen LogP contribution in [0.4, 0.5) is 0 Å². The number of benzene rings is 1. The molecule has 0 radical (unpaired) electrons. The van der Waals surface area contributed by atoms with E-state index in [-0.39, 0.29) is 17.9 Å². The molecule has 7 nitrogen and oxygen atoms in total. The molecule has 1 aromatic carbocycles. The number of aromatic nitrogens is 3. The van der Waals surface area contributed by atoms with Crippen molar-refractivity contribution in [1.82, 2.24) is 24.6 Å². The van der Waals surface area contributed by atoms with Crippen molar-refractivity contribution in [3.05, 3.63) is 59.4 Å². The molecule has 2 aromatic heterocycles. The number of piperazine rings is 1. The van der Waals surface area contributed by atoms with Gasteiger partial charge in [-0.1, -0.05) is 19.1 Å². The third kappa shape index (κ3) is 3.79. The molecule has 7 heteroatoms. The lowest BCUT2D eigenvalue weighted by atomic mass is 10.1. The molecule has 3 heterocycles. The number of aryl methyl sites for hydroxylation is 1. The van der Waals surface area contributed by atoms with Crippen molar-refractivity contribution >= 4 is 22.8 Å². The lowest BCUT2D eigenvalue weighted by Gasteiger charge is -2.34. The third-order valence-electron chi connectivity index (χ3n) is 5.63. The predicted octanol–water partition coefficient (Wildman–Crippen LogP) is 3.17. The standard InChI is InChI=1S/C23H27N5O2/c1-4-17-5-7-18(8-6-17)22(29)26-9-11-27(12-10-26)23(30)20-13-19-15-25-28(16(2)3)21(19)24-14-20/h5-8,13-16H,4,9-12H2,1-3H3. The van der Waals surface area contributed by atoms with Crippen LogP contribution in [0, 0.1) is 0 Å². The van der Waals surface area contributed by atoms with Crippen LogP contribution in [0.1, 0.15) is 53.1 Å². The highest BCUT2D eigenvalue weighted by molar-refractivity contribution is 5.97. The van der Waals surface area contributed by atoms with E-state index in [1.54, 1.807) is 17.3 Å². The van der Waals surface area contributed by atoms with Crippen LogP contribution >= 0.6 is 0 Å². The number of hydrogen-bond acceptors (Lipinski definition) is 4. The van der Waals surface area contributed by atoms with Crippen molar-refractivity contribution in [2.45, 2.75) is 33.2 Å². The van der Waals surface area contributed by atoms with Crippen molar-refractivity contribution < 1.29 is 9.59 Å². The maximum absolute atomic E-state index is 13.0. The second kappa shape index (κ2) is 8.26. The molecule has 0 saturated carbocycles. The van der Waals surface area contributed by atoms with Crippen LogP contribution in [-0.4, -0.2) is 62.6 Å². The molecule has 1 aliphatic rings. The van der Waals surface area contributed by atoms with Crippen molar-refractivity contribution in [2.75, 3.05) is 26.2 Å². The molecular weight excluding hydrogens is 378 g/mol. The van der Waals surface area contributed by atoms with Gasteiger partial charge in [-0.2, -0.15) is 5.10 Å². The summed E-state index contributed by atoms with van der Waals surface area (Å²) in [5.74, 6) is -0.0324. The zero-order chi connectivity index (χ0) is 21.3. The molecule has 30 heavy (non-hydrogen) atoms. The van der Waals surface area contributed by atoms with E-state index in [0.29, 0.717) is 37.3 Å². The van der Waals surface area contributed by atoms with Gasteiger partial charge >= 0.3 is 0 Å². The van der Waals surface area contributed by atoms with Crippen LogP contribution in [-0.2, 0) is 6.42 Å². The normalized spacial score (nSPS) is 14.5. The Labute approximate surface area is 176 Å². The molecule has 1 fully saturated rings. The van der Waals surface area contributed by atoms with Crippen molar-refractivity contribution in [2.24, 2.45) is 0 Å². The zero-order valence-corrected chi connectivity index (χ0v) is 17.7. The minimum absolute atomic E-state index is 0.0222. The molecule has 3 aromatic rings. The summed E-state index contributed by atoms with van der Waals surface area (Å²) < 4.78 is 1.85. The van der Waals surface area contributed by atoms with Gasteiger partial charge in [0.15, 0.2) is 5.65 Å². The summed E-state index contributed by atoms with van der Waals surface area (Å²) in [4.78, 5) is 33.8. The number of amides is 2. The maximum atomic E-state index is 13.0. The van der Waals surface area contributed by atoms with E-state index in [4.69, 9.17) is 0 Å². The Hall–Kier alpha value is -3.22. The van der Waals surface area contributed by atoms with Gasteiger partial charge in [-0.05, 0) is 44.0 Å². The number of hydrogen-bond donors (Lipinski definition) is 0. The van der Waals surface area contributed by atoms with E-state index in [1.807, 2.05) is 53.8 Å². The molecule has 2 amide bonds. The Balaban J connectivity index is 1.41. The number of carbonyl (C=O) groups excluding carboxylic acids is 2. The molecule has 0 unspecified atom stereocenters. The van der Waals surface area contributed by atoms with Crippen molar-refractivity contribution in [1.29, 1.82) is 0 Å². The van der Waals surface area contributed by atoms with Crippen molar-refractivity contribution in [3.8, 4) is 0 Å². The highest BCUT2D eigenvalue weighted by Crippen LogP contribution is 2.18. The van der Waals surface area contributed by atoms with E-state index < -0.39 is 0 Å². The van der Waals surface area contributed by atoms with Gasteiger partial charge in [-0.25, -0.2) is 9.67 Å².